The van der Waals surface area contributed by atoms with Crippen molar-refractivity contribution in [3.05, 3.63) is 54.6 Å². The largest absolute Gasteiger partial charge is 0.493 e. The fourth-order valence-corrected chi connectivity index (χ4v) is 4.93. The van der Waals surface area contributed by atoms with Crippen molar-refractivity contribution < 1.29 is 17.9 Å². The van der Waals surface area contributed by atoms with E-state index in [0.29, 0.717) is 17.2 Å². The number of hydrogen-bond donors (Lipinski definition) is 1. The maximum atomic E-state index is 12.8. The van der Waals surface area contributed by atoms with E-state index >= 15 is 0 Å². The molecule has 1 saturated heterocycles. The summed E-state index contributed by atoms with van der Waals surface area (Å²) in [5.41, 5.74) is 2.05. The predicted molar refractivity (Wildman–Crippen MR) is 129 cm³/mol. The molecule has 0 bridgehead atoms. The lowest BCUT2D eigenvalue weighted by Gasteiger charge is -2.20. The summed E-state index contributed by atoms with van der Waals surface area (Å²) < 4.78 is 38.6. The molecule has 1 fully saturated rings. The van der Waals surface area contributed by atoms with Crippen molar-refractivity contribution in [3.63, 3.8) is 0 Å². The first kappa shape index (κ1) is 22.8. The van der Waals surface area contributed by atoms with E-state index in [4.69, 9.17) is 9.47 Å². The van der Waals surface area contributed by atoms with Crippen molar-refractivity contribution >= 4 is 21.5 Å². The summed E-state index contributed by atoms with van der Waals surface area (Å²) in [5.74, 6) is 1.71. The number of nitrogens with zero attached hydrogens (tertiary/aromatic N) is 3. The third kappa shape index (κ3) is 5.36. The number of aromatic nitrogens is 2. The second-order valence-electron chi connectivity index (χ2n) is 7.88. The summed E-state index contributed by atoms with van der Waals surface area (Å²) in [4.78, 5) is 2.37. The molecule has 2 heterocycles. The van der Waals surface area contributed by atoms with Crippen LogP contribution in [0.5, 0.6) is 11.5 Å². The molecule has 0 atom stereocenters. The van der Waals surface area contributed by atoms with Crippen LogP contribution in [0.4, 0.5) is 11.5 Å². The van der Waals surface area contributed by atoms with Crippen LogP contribution in [-0.2, 0) is 10.0 Å². The van der Waals surface area contributed by atoms with Crippen molar-refractivity contribution in [2.45, 2.75) is 30.6 Å². The summed E-state index contributed by atoms with van der Waals surface area (Å²) in [6, 6.07) is 15.5. The average molecular weight is 469 g/mol. The molecule has 0 saturated carbocycles. The molecule has 1 aromatic heterocycles. The molecular formula is C24H28N4O4S. The van der Waals surface area contributed by atoms with Crippen LogP contribution in [0.25, 0.3) is 11.3 Å². The van der Waals surface area contributed by atoms with Gasteiger partial charge in [0.2, 0.25) is 0 Å². The van der Waals surface area contributed by atoms with E-state index in [2.05, 4.69) is 19.8 Å². The molecule has 0 aliphatic carbocycles. The molecule has 0 spiro atoms. The van der Waals surface area contributed by atoms with E-state index in [0.717, 1.165) is 30.2 Å². The van der Waals surface area contributed by atoms with Gasteiger partial charge in [-0.3, -0.25) is 4.72 Å². The molecule has 0 amide bonds. The lowest BCUT2D eigenvalue weighted by Crippen LogP contribution is -2.25. The average Bonchev–Trinajstić information content (AvgIpc) is 3.14. The van der Waals surface area contributed by atoms with Crippen LogP contribution in [0.15, 0.2) is 59.5 Å². The molecule has 174 valence electrons. The Balaban J connectivity index is 1.47. The summed E-state index contributed by atoms with van der Waals surface area (Å²) in [7, 11) is -0.828. The van der Waals surface area contributed by atoms with E-state index in [1.54, 1.807) is 18.2 Å². The highest BCUT2D eigenvalue weighted by molar-refractivity contribution is 7.92. The number of rotatable bonds is 7. The molecule has 1 aliphatic heterocycles. The van der Waals surface area contributed by atoms with Gasteiger partial charge in [-0.25, -0.2) is 8.42 Å². The SMILES string of the molecule is COc1ccc(S(=O)(=O)Nc2ccc(-c3ccc(N4CCCCCC4)nn3)cc2)cc1OC. The fourth-order valence-electron chi connectivity index (χ4n) is 3.85. The first-order valence-corrected chi connectivity index (χ1v) is 12.4. The van der Waals surface area contributed by atoms with Crippen LogP contribution in [0.1, 0.15) is 25.7 Å². The molecule has 9 heteroatoms. The molecule has 8 nitrogen and oxygen atoms in total. The van der Waals surface area contributed by atoms with Crippen molar-refractivity contribution in [2.75, 3.05) is 36.9 Å². The predicted octanol–water partition coefficient (Wildman–Crippen LogP) is 4.34. The number of benzene rings is 2. The fraction of sp³-hybridized carbons (Fsp3) is 0.333. The maximum absolute atomic E-state index is 12.8. The highest BCUT2D eigenvalue weighted by atomic mass is 32.2. The van der Waals surface area contributed by atoms with Gasteiger partial charge in [-0.15, -0.1) is 10.2 Å². The molecule has 1 N–H and O–H groups in total. The summed E-state index contributed by atoms with van der Waals surface area (Å²) in [5, 5.41) is 8.80. The highest BCUT2D eigenvalue weighted by Crippen LogP contribution is 2.30. The number of nitrogens with one attached hydrogen (secondary N) is 1. The van der Waals surface area contributed by atoms with Gasteiger partial charge in [0.15, 0.2) is 17.3 Å². The summed E-state index contributed by atoms with van der Waals surface area (Å²) in [6.45, 7) is 2.03. The van der Waals surface area contributed by atoms with Gasteiger partial charge in [-0.05, 0) is 49.2 Å². The number of sulfonamides is 1. The Morgan fingerprint density at radius 2 is 1.52 bits per heavy atom. The Kier molecular flexibility index (Phi) is 6.98. The van der Waals surface area contributed by atoms with E-state index in [1.165, 1.54) is 52.0 Å². The van der Waals surface area contributed by atoms with Crippen molar-refractivity contribution in [3.8, 4) is 22.8 Å². The molecule has 0 unspecified atom stereocenters. The highest BCUT2D eigenvalue weighted by Gasteiger charge is 2.17. The molecular weight excluding hydrogens is 440 g/mol. The van der Waals surface area contributed by atoms with E-state index in [1.807, 2.05) is 24.3 Å². The molecule has 1 aliphatic rings. The van der Waals surface area contributed by atoms with Gasteiger partial charge in [0.1, 0.15) is 0 Å². The van der Waals surface area contributed by atoms with Crippen LogP contribution in [-0.4, -0.2) is 45.9 Å². The minimum absolute atomic E-state index is 0.0826. The Morgan fingerprint density at radius 1 is 0.818 bits per heavy atom. The van der Waals surface area contributed by atoms with Crippen molar-refractivity contribution in [1.29, 1.82) is 0 Å². The maximum Gasteiger partial charge on any atom is 0.262 e. The summed E-state index contributed by atoms with van der Waals surface area (Å²) in [6.07, 6.45) is 4.91. The van der Waals surface area contributed by atoms with Crippen LogP contribution in [0, 0.1) is 0 Å². The topological polar surface area (TPSA) is 93.7 Å². The summed E-state index contributed by atoms with van der Waals surface area (Å²) >= 11 is 0. The Morgan fingerprint density at radius 3 is 2.12 bits per heavy atom. The Bertz CT molecular complexity index is 1170. The number of anilines is 2. The minimum Gasteiger partial charge on any atom is -0.493 e. The zero-order chi connectivity index (χ0) is 23.3. The van der Waals surface area contributed by atoms with E-state index < -0.39 is 10.0 Å². The third-order valence-electron chi connectivity index (χ3n) is 5.68. The van der Waals surface area contributed by atoms with E-state index in [-0.39, 0.29) is 4.90 Å². The molecule has 4 rings (SSSR count). The number of methoxy groups -OCH3 is 2. The normalized spacial score (nSPS) is 14.4. The Labute approximate surface area is 194 Å². The van der Waals surface area contributed by atoms with Crippen molar-refractivity contribution in [2.24, 2.45) is 0 Å². The zero-order valence-electron chi connectivity index (χ0n) is 18.8. The second-order valence-corrected chi connectivity index (χ2v) is 9.56. The van der Waals surface area contributed by atoms with Crippen LogP contribution < -0.4 is 19.1 Å². The molecule has 33 heavy (non-hydrogen) atoms. The molecule has 2 aromatic carbocycles. The van der Waals surface area contributed by atoms with Gasteiger partial charge in [0.05, 0.1) is 24.8 Å². The van der Waals surface area contributed by atoms with Crippen LogP contribution in [0.3, 0.4) is 0 Å². The smallest absolute Gasteiger partial charge is 0.262 e. The molecule has 0 radical (unpaired) electrons. The van der Waals surface area contributed by atoms with Gasteiger partial charge in [-0.2, -0.15) is 0 Å². The van der Waals surface area contributed by atoms with Gasteiger partial charge in [-0.1, -0.05) is 25.0 Å². The lowest BCUT2D eigenvalue weighted by atomic mass is 10.1. The van der Waals surface area contributed by atoms with Gasteiger partial charge in [0, 0.05) is 30.4 Å². The monoisotopic (exact) mass is 468 g/mol. The van der Waals surface area contributed by atoms with Gasteiger partial charge in [0.25, 0.3) is 10.0 Å². The van der Waals surface area contributed by atoms with Crippen LogP contribution in [0.2, 0.25) is 0 Å². The Hall–Kier alpha value is -3.33. The second kappa shape index (κ2) is 10.1. The molecule has 3 aromatic rings. The minimum atomic E-state index is -3.79. The quantitative estimate of drug-likeness (QED) is 0.551. The number of hydrogen-bond acceptors (Lipinski definition) is 7. The number of ether oxygens (including phenoxy) is 2. The first-order chi connectivity index (χ1) is 16.0. The van der Waals surface area contributed by atoms with Gasteiger partial charge < -0.3 is 14.4 Å². The van der Waals surface area contributed by atoms with E-state index in [9.17, 15) is 8.42 Å². The standard InChI is InChI=1S/C24H28N4O4S/c1-31-22-13-11-20(17-23(22)32-2)33(29,30)27-19-9-7-18(8-10-19)21-12-14-24(26-25-21)28-15-5-3-4-6-16-28/h7-14,17,27H,3-6,15-16H2,1-2H3. The van der Waals surface area contributed by atoms with Crippen molar-refractivity contribution in [1.82, 2.24) is 10.2 Å². The first-order valence-electron chi connectivity index (χ1n) is 10.9. The lowest BCUT2D eigenvalue weighted by molar-refractivity contribution is 0.354. The zero-order valence-corrected chi connectivity index (χ0v) is 19.6. The van der Waals surface area contributed by atoms with Gasteiger partial charge >= 0.3 is 0 Å². The third-order valence-corrected chi connectivity index (χ3v) is 7.06. The van der Waals surface area contributed by atoms with Crippen LogP contribution >= 0.6 is 0 Å².